The molecular weight excluding hydrogens is 299 g/mol. The number of para-hydroxylation sites is 2. The first kappa shape index (κ1) is 12.9. The molecule has 3 rings (SSSR count). The lowest BCUT2D eigenvalue weighted by Gasteiger charge is -2.03. The third kappa shape index (κ3) is 2.89. The van der Waals surface area contributed by atoms with Gasteiger partial charge in [0.1, 0.15) is 0 Å². The Morgan fingerprint density at radius 3 is 2.79 bits per heavy atom. The number of rotatable bonds is 3. The highest BCUT2D eigenvalue weighted by molar-refractivity contribution is 7.98. The predicted octanol–water partition coefficient (Wildman–Crippen LogP) is 5.16. The average Bonchev–Trinajstić information content (AvgIpc) is 2.82. The Bertz CT molecular complexity index is 691. The number of fused-ring (bicyclic) bond motifs is 1. The van der Waals surface area contributed by atoms with E-state index in [2.05, 4.69) is 9.97 Å². The Balaban J connectivity index is 1.80. The minimum atomic E-state index is 0.699. The standard InChI is InChI=1S/C14H10Cl2N2S/c15-10-5-6-11(16)9(7-10)8-19-14-17-12-3-1-2-4-13(12)18-14/h1-7H,8H2,(H,17,18). The second kappa shape index (κ2) is 5.45. The van der Waals surface area contributed by atoms with Crippen LogP contribution in [0.3, 0.4) is 0 Å². The zero-order valence-electron chi connectivity index (χ0n) is 9.86. The van der Waals surface area contributed by atoms with E-state index in [9.17, 15) is 0 Å². The molecular formula is C14H10Cl2N2S. The maximum absolute atomic E-state index is 6.14. The quantitative estimate of drug-likeness (QED) is 0.677. The molecule has 19 heavy (non-hydrogen) atoms. The fourth-order valence-electron chi connectivity index (χ4n) is 1.80. The van der Waals surface area contributed by atoms with Crippen molar-refractivity contribution < 1.29 is 0 Å². The second-order valence-electron chi connectivity index (χ2n) is 4.08. The van der Waals surface area contributed by atoms with Crippen molar-refractivity contribution in [2.45, 2.75) is 10.9 Å². The first-order valence-electron chi connectivity index (χ1n) is 5.74. The van der Waals surface area contributed by atoms with E-state index in [-0.39, 0.29) is 0 Å². The molecule has 0 spiro atoms. The van der Waals surface area contributed by atoms with Crippen molar-refractivity contribution in [3.05, 3.63) is 58.1 Å². The molecule has 1 heterocycles. The van der Waals surface area contributed by atoms with Gasteiger partial charge in [-0.1, -0.05) is 47.1 Å². The van der Waals surface area contributed by atoms with Crippen LogP contribution in [0.2, 0.25) is 10.0 Å². The van der Waals surface area contributed by atoms with E-state index < -0.39 is 0 Å². The summed E-state index contributed by atoms with van der Waals surface area (Å²) in [6.07, 6.45) is 0. The van der Waals surface area contributed by atoms with Gasteiger partial charge in [0.05, 0.1) is 11.0 Å². The lowest BCUT2D eigenvalue weighted by molar-refractivity contribution is 1.08. The van der Waals surface area contributed by atoms with E-state index in [0.29, 0.717) is 5.02 Å². The molecule has 0 saturated carbocycles. The topological polar surface area (TPSA) is 28.7 Å². The highest BCUT2D eigenvalue weighted by atomic mass is 35.5. The van der Waals surface area contributed by atoms with E-state index in [1.54, 1.807) is 17.8 Å². The zero-order valence-corrected chi connectivity index (χ0v) is 12.2. The largest absolute Gasteiger partial charge is 0.333 e. The van der Waals surface area contributed by atoms with Crippen LogP contribution in [-0.4, -0.2) is 9.97 Å². The molecule has 1 aromatic heterocycles. The summed E-state index contributed by atoms with van der Waals surface area (Å²) in [6, 6.07) is 13.5. The van der Waals surface area contributed by atoms with Crippen LogP contribution in [0, 0.1) is 0 Å². The zero-order chi connectivity index (χ0) is 13.2. The number of nitrogens with zero attached hydrogens (tertiary/aromatic N) is 1. The van der Waals surface area contributed by atoms with Crippen molar-refractivity contribution in [2.24, 2.45) is 0 Å². The Kier molecular flexibility index (Phi) is 3.69. The molecule has 5 heteroatoms. The minimum Gasteiger partial charge on any atom is -0.333 e. The summed E-state index contributed by atoms with van der Waals surface area (Å²) in [5.74, 6) is 0.735. The van der Waals surface area contributed by atoms with Gasteiger partial charge in [0.25, 0.3) is 0 Å². The van der Waals surface area contributed by atoms with Gasteiger partial charge >= 0.3 is 0 Å². The lowest BCUT2D eigenvalue weighted by atomic mass is 10.2. The summed E-state index contributed by atoms with van der Waals surface area (Å²) >= 11 is 13.7. The summed E-state index contributed by atoms with van der Waals surface area (Å²) < 4.78 is 0. The fourth-order valence-corrected chi connectivity index (χ4v) is 3.13. The Morgan fingerprint density at radius 2 is 1.95 bits per heavy atom. The molecule has 0 fully saturated rings. The number of aromatic nitrogens is 2. The summed E-state index contributed by atoms with van der Waals surface area (Å²) in [5, 5.41) is 2.31. The molecule has 3 aromatic rings. The van der Waals surface area contributed by atoms with Crippen LogP contribution in [0.5, 0.6) is 0 Å². The van der Waals surface area contributed by atoms with Crippen LogP contribution in [0.4, 0.5) is 0 Å². The molecule has 0 radical (unpaired) electrons. The monoisotopic (exact) mass is 308 g/mol. The predicted molar refractivity (Wildman–Crippen MR) is 82.1 cm³/mol. The highest BCUT2D eigenvalue weighted by Gasteiger charge is 2.06. The SMILES string of the molecule is Clc1ccc(Cl)c(CSc2nc3ccccc3[nH]2)c1. The fraction of sp³-hybridized carbons (Fsp3) is 0.0714. The van der Waals surface area contributed by atoms with Gasteiger partial charge in [0.2, 0.25) is 0 Å². The molecule has 0 saturated heterocycles. The first-order valence-corrected chi connectivity index (χ1v) is 7.48. The van der Waals surface area contributed by atoms with Gasteiger partial charge in [-0.2, -0.15) is 0 Å². The number of H-pyrrole nitrogens is 1. The number of hydrogen-bond donors (Lipinski definition) is 1. The van der Waals surface area contributed by atoms with Crippen molar-refractivity contribution >= 4 is 46.0 Å². The van der Waals surface area contributed by atoms with Crippen LogP contribution >= 0.6 is 35.0 Å². The van der Waals surface area contributed by atoms with Crippen molar-refractivity contribution in [3.8, 4) is 0 Å². The van der Waals surface area contributed by atoms with E-state index in [1.165, 1.54) is 0 Å². The van der Waals surface area contributed by atoms with E-state index in [0.717, 1.165) is 32.5 Å². The van der Waals surface area contributed by atoms with Gasteiger partial charge in [-0.15, -0.1) is 0 Å². The smallest absolute Gasteiger partial charge is 0.166 e. The maximum atomic E-state index is 6.14. The molecule has 2 aromatic carbocycles. The number of halogens is 2. The van der Waals surface area contributed by atoms with Gasteiger partial charge in [-0.25, -0.2) is 4.98 Å². The average molecular weight is 309 g/mol. The van der Waals surface area contributed by atoms with Gasteiger partial charge in [-0.05, 0) is 35.9 Å². The Labute approximate surface area is 125 Å². The van der Waals surface area contributed by atoms with E-state index in [4.69, 9.17) is 23.2 Å². The summed E-state index contributed by atoms with van der Waals surface area (Å²) in [4.78, 5) is 7.79. The van der Waals surface area contributed by atoms with E-state index in [1.807, 2.05) is 36.4 Å². The second-order valence-corrected chi connectivity index (χ2v) is 5.89. The van der Waals surface area contributed by atoms with Gasteiger partial charge in [0, 0.05) is 15.8 Å². The van der Waals surface area contributed by atoms with E-state index >= 15 is 0 Å². The minimum absolute atomic E-state index is 0.699. The normalized spacial score (nSPS) is 11.1. The van der Waals surface area contributed by atoms with Crippen LogP contribution in [0.25, 0.3) is 11.0 Å². The maximum Gasteiger partial charge on any atom is 0.166 e. The third-order valence-corrected chi connectivity index (χ3v) is 4.27. The van der Waals surface area contributed by atoms with Crippen LogP contribution in [0.15, 0.2) is 47.6 Å². The summed E-state index contributed by atoms with van der Waals surface area (Å²) in [6.45, 7) is 0. The van der Waals surface area contributed by atoms with Crippen molar-refractivity contribution in [3.63, 3.8) is 0 Å². The molecule has 1 N–H and O–H groups in total. The molecule has 0 aliphatic heterocycles. The number of thioether (sulfide) groups is 1. The Morgan fingerprint density at radius 1 is 1.11 bits per heavy atom. The highest BCUT2D eigenvalue weighted by Crippen LogP contribution is 2.28. The molecule has 96 valence electrons. The third-order valence-electron chi connectivity index (χ3n) is 2.74. The number of hydrogen-bond acceptors (Lipinski definition) is 2. The summed E-state index contributed by atoms with van der Waals surface area (Å²) in [7, 11) is 0. The molecule has 0 bridgehead atoms. The van der Waals surface area contributed by atoms with Crippen molar-refractivity contribution in [1.82, 2.24) is 9.97 Å². The number of imidazole rings is 1. The molecule has 0 aliphatic carbocycles. The number of benzene rings is 2. The first-order chi connectivity index (χ1) is 9.22. The van der Waals surface area contributed by atoms with Gasteiger partial charge < -0.3 is 4.98 Å². The van der Waals surface area contributed by atoms with Crippen molar-refractivity contribution in [1.29, 1.82) is 0 Å². The molecule has 0 amide bonds. The molecule has 2 nitrogen and oxygen atoms in total. The molecule has 0 aliphatic rings. The molecule has 0 atom stereocenters. The van der Waals surface area contributed by atoms with Gasteiger partial charge in [0.15, 0.2) is 5.16 Å². The number of nitrogens with one attached hydrogen (secondary N) is 1. The van der Waals surface area contributed by atoms with Crippen LogP contribution in [-0.2, 0) is 5.75 Å². The van der Waals surface area contributed by atoms with Gasteiger partial charge in [-0.3, -0.25) is 0 Å². The lowest BCUT2D eigenvalue weighted by Crippen LogP contribution is -1.84. The molecule has 0 unspecified atom stereocenters. The van der Waals surface area contributed by atoms with Crippen LogP contribution < -0.4 is 0 Å². The van der Waals surface area contributed by atoms with Crippen LogP contribution in [0.1, 0.15) is 5.56 Å². The summed E-state index contributed by atoms with van der Waals surface area (Å²) in [5.41, 5.74) is 3.03. The number of aromatic amines is 1. The Hall–Kier alpha value is -1.16. The van der Waals surface area contributed by atoms with Crippen molar-refractivity contribution in [2.75, 3.05) is 0 Å².